The summed E-state index contributed by atoms with van der Waals surface area (Å²) in [7, 11) is 0. The molecule has 1 aliphatic heterocycles. The molecule has 1 fully saturated rings. The third-order valence-corrected chi connectivity index (χ3v) is 5.99. The first-order valence-electron chi connectivity index (χ1n) is 12.0. The lowest BCUT2D eigenvalue weighted by molar-refractivity contribution is 0.0696. The molecule has 1 aliphatic rings. The number of benzene rings is 2. The first kappa shape index (κ1) is 25.0. The summed E-state index contributed by atoms with van der Waals surface area (Å²) in [6, 6.07) is 13.8. The van der Waals surface area contributed by atoms with Gasteiger partial charge in [-0.25, -0.2) is 14.8 Å². The number of para-hydroxylation sites is 2. The number of hydrogen-bond donors (Lipinski definition) is 2. The van der Waals surface area contributed by atoms with E-state index in [1.807, 2.05) is 31.2 Å². The number of carboxylic acids is 1. The van der Waals surface area contributed by atoms with Crippen LogP contribution in [0.3, 0.4) is 0 Å². The molecule has 0 aliphatic carbocycles. The zero-order chi connectivity index (χ0) is 25.5. The van der Waals surface area contributed by atoms with Gasteiger partial charge in [-0.1, -0.05) is 24.3 Å². The standard InChI is InChI=1S/C27H30N4O5/c1-3-35-23-11-4-5-12-24(23)36-22-10-7-13-31(17-22)27-28-15-21(16-29-27)25(32)30-18(2)19-8-6-9-20(14-19)26(33)34/h4-6,8-9,11-12,14-16,18,22H,3,7,10,13,17H2,1-2H3,(H,30,32)(H,33,34)/t18-,22-/m1/s1. The molecule has 9 nitrogen and oxygen atoms in total. The van der Waals surface area contributed by atoms with E-state index in [2.05, 4.69) is 20.2 Å². The molecule has 0 unspecified atom stereocenters. The normalized spacial score (nSPS) is 16.2. The average molecular weight is 491 g/mol. The summed E-state index contributed by atoms with van der Waals surface area (Å²) in [5, 5.41) is 12.1. The Labute approximate surface area is 210 Å². The molecule has 0 bridgehead atoms. The van der Waals surface area contributed by atoms with Gasteiger partial charge in [0.05, 0.1) is 30.3 Å². The van der Waals surface area contributed by atoms with Gasteiger partial charge in [-0.05, 0) is 56.5 Å². The number of aromatic nitrogens is 2. The van der Waals surface area contributed by atoms with Crippen LogP contribution >= 0.6 is 0 Å². The van der Waals surface area contributed by atoms with E-state index in [0.29, 0.717) is 30.2 Å². The van der Waals surface area contributed by atoms with E-state index in [-0.39, 0.29) is 23.6 Å². The Morgan fingerprint density at radius 2 is 1.86 bits per heavy atom. The van der Waals surface area contributed by atoms with Crippen LogP contribution in [-0.2, 0) is 0 Å². The van der Waals surface area contributed by atoms with Gasteiger partial charge in [-0.2, -0.15) is 0 Å². The Bertz CT molecular complexity index is 1200. The monoisotopic (exact) mass is 490 g/mol. The molecule has 2 aromatic carbocycles. The molecule has 1 saturated heterocycles. The summed E-state index contributed by atoms with van der Waals surface area (Å²) >= 11 is 0. The van der Waals surface area contributed by atoms with Crippen molar-refractivity contribution in [3.63, 3.8) is 0 Å². The fourth-order valence-corrected chi connectivity index (χ4v) is 4.12. The van der Waals surface area contributed by atoms with Crippen LogP contribution in [0.1, 0.15) is 59.0 Å². The van der Waals surface area contributed by atoms with Crippen LogP contribution < -0.4 is 19.7 Å². The van der Waals surface area contributed by atoms with Gasteiger partial charge < -0.3 is 24.8 Å². The molecule has 2 heterocycles. The summed E-state index contributed by atoms with van der Waals surface area (Å²) in [5.74, 6) is 0.653. The quantitative estimate of drug-likeness (QED) is 0.461. The first-order chi connectivity index (χ1) is 17.4. The van der Waals surface area contributed by atoms with Crippen LogP contribution in [0.15, 0.2) is 60.9 Å². The van der Waals surface area contributed by atoms with E-state index < -0.39 is 5.97 Å². The molecular weight excluding hydrogens is 460 g/mol. The molecule has 3 aromatic rings. The van der Waals surface area contributed by atoms with Crippen molar-refractivity contribution < 1.29 is 24.2 Å². The summed E-state index contributed by atoms with van der Waals surface area (Å²) in [5.41, 5.74) is 1.20. The molecule has 0 spiro atoms. The van der Waals surface area contributed by atoms with Crippen LogP contribution in [-0.4, -0.2) is 52.8 Å². The minimum atomic E-state index is -1.01. The number of carbonyl (C=O) groups is 2. The van der Waals surface area contributed by atoms with Crippen molar-refractivity contribution in [2.45, 2.75) is 38.8 Å². The van der Waals surface area contributed by atoms with Crippen LogP contribution in [0, 0.1) is 0 Å². The fraction of sp³-hybridized carbons (Fsp3) is 0.333. The van der Waals surface area contributed by atoms with E-state index in [1.165, 1.54) is 18.5 Å². The summed E-state index contributed by atoms with van der Waals surface area (Å²) in [6.45, 7) is 5.74. The van der Waals surface area contributed by atoms with Crippen LogP contribution in [0.2, 0.25) is 0 Å². The van der Waals surface area contributed by atoms with Gasteiger partial charge in [-0.3, -0.25) is 4.79 Å². The highest BCUT2D eigenvalue weighted by molar-refractivity contribution is 5.94. The van der Waals surface area contributed by atoms with E-state index in [4.69, 9.17) is 9.47 Å². The number of piperidine rings is 1. The number of nitrogens with one attached hydrogen (secondary N) is 1. The number of aromatic carboxylic acids is 1. The molecule has 9 heteroatoms. The maximum Gasteiger partial charge on any atom is 0.335 e. The molecule has 1 amide bonds. The Hall–Kier alpha value is -4.14. The van der Waals surface area contributed by atoms with E-state index in [9.17, 15) is 14.7 Å². The second kappa shape index (κ2) is 11.5. The lowest BCUT2D eigenvalue weighted by Crippen LogP contribution is -2.42. The summed E-state index contributed by atoms with van der Waals surface area (Å²) < 4.78 is 11.9. The van der Waals surface area contributed by atoms with E-state index >= 15 is 0 Å². The van der Waals surface area contributed by atoms with Crippen molar-refractivity contribution in [1.29, 1.82) is 0 Å². The number of amides is 1. The number of hydrogen-bond acceptors (Lipinski definition) is 7. The first-order valence-corrected chi connectivity index (χ1v) is 12.0. The molecule has 2 atom stereocenters. The van der Waals surface area contributed by atoms with Crippen molar-refractivity contribution in [1.82, 2.24) is 15.3 Å². The van der Waals surface area contributed by atoms with Gasteiger partial charge in [0.25, 0.3) is 5.91 Å². The third kappa shape index (κ3) is 6.10. The zero-order valence-corrected chi connectivity index (χ0v) is 20.4. The Morgan fingerprint density at radius 1 is 1.11 bits per heavy atom. The third-order valence-electron chi connectivity index (χ3n) is 5.99. The number of anilines is 1. The number of carbonyl (C=O) groups excluding carboxylic acids is 1. The molecule has 188 valence electrons. The highest BCUT2D eigenvalue weighted by Gasteiger charge is 2.24. The number of nitrogens with zero attached hydrogens (tertiary/aromatic N) is 3. The fourth-order valence-electron chi connectivity index (χ4n) is 4.12. The molecule has 4 rings (SSSR count). The van der Waals surface area contributed by atoms with Crippen molar-refractivity contribution in [2.75, 3.05) is 24.6 Å². The van der Waals surface area contributed by atoms with E-state index in [1.54, 1.807) is 25.1 Å². The maximum atomic E-state index is 12.7. The van der Waals surface area contributed by atoms with Crippen molar-refractivity contribution in [3.8, 4) is 11.5 Å². The Kier molecular flexibility index (Phi) is 7.99. The average Bonchev–Trinajstić information content (AvgIpc) is 2.90. The predicted molar refractivity (Wildman–Crippen MR) is 135 cm³/mol. The highest BCUT2D eigenvalue weighted by atomic mass is 16.5. The van der Waals surface area contributed by atoms with Gasteiger partial charge >= 0.3 is 5.97 Å². The van der Waals surface area contributed by atoms with Gasteiger partial charge in [0.15, 0.2) is 11.5 Å². The molecule has 0 radical (unpaired) electrons. The van der Waals surface area contributed by atoms with Gasteiger partial charge in [0.2, 0.25) is 5.95 Å². The second-order valence-electron chi connectivity index (χ2n) is 8.61. The topological polar surface area (TPSA) is 114 Å². The summed E-state index contributed by atoms with van der Waals surface area (Å²) in [6.07, 6.45) is 4.83. The van der Waals surface area contributed by atoms with Crippen molar-refractivity contribution in [3.05, 3.63) is 77.6 Å². The lowest BCUT2D eigenvalue weighted by Gasteiger charge is -2.33. The van der Waals surface area contributed by atoms with E-state index in [0.717, 1.165) is 30.9 Å². The summed E-state index contributed by atoms with van der Waals surface area (Å²) in [4.78, 5) is 34.8. The lowest BCUT2D eigenvalue weighted by atomic mass is 10.0. The molecule has 0 saturated carbocycles. The van der Waals surface area contributed by atoms with Crippen LogP contribution in [0.25, 0.3) is 0 Å². The Balaban J connectivity index is 1.37. The smallest absolute Gasteiger partial charge is 0.335 e. The molecule has 2 N–H and O–H groups in total. The minimum Gasteiger partial charge on any atom is -0.490 e. The zero-order valence-electron chi connectivity index (χ0n) is 20.4. The molecule has 36 heavy (non-hydrogen) atoms. The Morgan fingerprint density at radius 3 is 2.58 bits per heavy atom. The SMILES string of the molecule is CCOc1ccccc1O[C@@H]1CCCN(c2ncc(C(=O)N[C@H](C)c3cccc(C(=O)O)c3)cn2)C1. The molecule has 1 aromatic heterocycles. The molecular formula is C27H30N4O5. The van der Waals surface area contributed by atoms with Gasteiger partial charge in [0.1, 0.15) is 6.10 Å². The van der Waals surface area contributed by atoms with Gasteiger partial charge in [0, 0.05) is 18.9 Å². The predicted octanol–water partition coefficient (Wildman–Crippen LogP) is 4.11. The minimum absolute atomic E-state index is 0.0330. The van der Waals surface area contributed by atoms with Crippen molar-refractivity contribution in [2.24, 2.45) is 0 Å². The van der Waals surface area contributed by atoms with Gasteiger partial charge in [-0.15, -0.1) is 0 Å². The maximum absolute atomic E-state index is 12.7. The number of carboxylic acid groups (broad SMARTS) is 1. The van der Waals surface area contributed by atoms with Crippen LogP contribution in [0.5, 0.6) is 11.5 Å². The highest BCUT2D eigenvalue weighted by Crippen LogP contribution is 2.29. The number of ether oxygens (including phenoxy) is 2. The number of rotatable bonds is 9. The van der Waals surface area contributed by atoms with Crippen LogP contribution in [0.4, 0.5) is 5.95 Å². The van der Waals surface area contributed by atoms with Crippen molar-refractivity contribution >= 4 is 17.8 Å². The largest absolute Gasteiger partial charge is 0.490 e. The second-order valence-corrected chi connectivity index (χ2v) is 8.61.